The topological polar surface area (TPSA) is 63.1 Å². The van der Waals surface area contributed by atoms with Gasteiger partial charge in [-0.1, -0.05) is 18.2 Å². The number of hydrogen-bond donors (Lipinski definition) is 2. The minimum atomic E-state index is -0.380. The first-order valence-corrected chi connectivity index (χ1v) is 5.45. The zero-order valence-electron chi connectivity index (χ0n) is 9.88. The fourth-order valence-electron chi connectivity index (χ4n) is 1.44. The monoisotopic (exact) mass is 243 g/mol. The highest BCUT2D eigenvalue weighted by atomic mass is 16.2. The SMILES string of the molecule is Cn1ccc(NC(=O)Nc2ccccc2)cc1=O. The molecule has 0 bridgehead atoms. The van der Waals surface area contributed by atoms with Crippen LogP contribution in [-0.2, 0) is 7.05 Å². The van der Waals surface area contributed by atoms with Gasteiger partial charge in [-0.05, 0) is 18.2 Å². The van der Waals surface area contributed by atoms with Crippen molar-refractivity contribution in [2.45, 2.75) is 0 Å². The van der Waals surface area contributed by atoms with E-state index in [2.05, 4.69) is 10.6 Å². The van der Waals surface area contributed by atoms with Crippen molar-refractivity contribution in [3.8, 4) is 0 Å². The van der Waals surface area contributed by atoms with E-state index >= 15 is 0 Å². The van der Waals surface area contributed by atoms with Crippen molar-refractivity contribution in [2.24, 2.45) is 7.05 Å². The molecule has 5 heteroatoms. The molecular weight excluding hydrogens is 230 g/mol. The number of carbonyl (C=O) groups excluding carboxylic acids is 1. The quantitative estimate of drug-likeness (QED) is 0.847. The number of pyridine rings is 1. The van der Waals surface area contributed by atoms with E-state index in [4.69, 9.17) is 0 Å². The van der Waals surface area contributed by atoms with Gasteiger partial charge in [-0.2, -0.15) is 0 Å². The maximum absolute atomic E-state index is 11.6. The van der Waals surface area contributed by atoms with Crippen molar-refractivity contribution < 1.29 is 4.79 Å². The molecule has 0 radical (unpaired) electrons. The highest BCUT2D eigenvalue weighted by Gasteiger charge is 2.02. The first kappa shape index (κ1) is 11.9. The average Bonchev–Trinajstić information content (AvgIpc) is 2.35. The Kier molecular flexibility index (Phi) is 3.43. The number of hydrogen-bond acceptors (Lipinski definition) is 2. The summed E-state index contributed by atoms with van der Waals surface area (Å²) < 4.78 is 1.43. The molecule has 2 rings (SSSR count). The summed E-state index contributed by atoms with van der Waals surface area (Å²) in [7, 11) is 1.65. The number of aryl methyl sites for hydroxylation is 1. The van der Waals surface area contributed by atoms with Crippen LogP contribution < -0.4 is 16.2 Å². The summed E-state index contributed by atoms with van der Waals surface area (Å²) in [5, 5.41) is 5.26. The van der Waals surface area contributed by atoms with Crippen LogP contribution in [0.3, 0.4) is 0 Å². The number of carbonyl (C=O) groups is 1. The van der Waals surface area contributed by atoms with E-state index in [0.717, 1.165) is 0 Å². The third kappa shape index (κ3) is 2.98. The Morgan fingerprint density at radius 2 is 1.72 bits per heavy atom. The summed E-state index contributed by atoms with van der Waals surface area (Å²) in [5.74, 6) is 0. The van der Waals surface area contributed by atoms with Crippen LogP contribution in [0.4, 0.5) is 16.2 Å². The van der Waals surface area contributed by atoms with E-state index < -0.39 is 0 Å². The Bertz CT molecular complexity index is 605. The highest BCUT2D eigenvalue weighted by Crippen LogP contribution is 2.07. The second-order valence-corrected chi connectivity index (χ2v) is 3.81. The molecule has 0 unspecified atom stereocenters. The number of benzene rings is 1. The van der Waals surface area contributed by atoms with Gasteiger partial charge in [0.05, 0.1) is 0 Å². The van der Waals surface area contributed by atoms with Gasteiger partial charge in [-0.15, -0.1) is 0 Å². The molecule has 0 saturated carbocycles. The molecule has 92 valence electrons. The number of nitrogens with one attached hydrogen (secondary N) is 2. The fourth-order valence-corrected chi connectivity index (χ4v) is 1.44. The molecule has 0 aliphatic carbocycles. The Morgan fingerprint density at radius 3 is 2.39 bits per heavy atom. The Labute approximate surface area is 104 Å². The summed E-state index contributed by atoms with van der Waals surface area (Å²) in [6.45, 7) is 0. The molecule has 0 atom stereocenters. The molecule has 2 N–H and O–H groups in total. The van der Waals surface area contributed by atoms with Crippen LogP contribution in [0, 0.1) is 0 Å². The molecule has 1 heterocycles. The minimum absolute atomic E-state index is 0.174. The lowest BCUT2D eigenvalue weighted by Gasteiger charge is -2.07. The summed E-state index contributed by atoms with van der Waals surface area (Å²) >= 11 is 0. The van der Waals surface area contributed by atoms with Gasteiger partial charge in [-0.25, -0.2) is 4.79 Å². The molecule has 5 nitrogen and oxygen atoms in total. The second kappa shape index (κ2) is 5.18. The number of aromatic nitrogens is 1. The van der Waals surface area contributed by atoms with Gasteiger partial charge in [0.1, 0.15) is 0 Å². The summed E-state index contributed by atoms with van der Waals surface area (Å²) in [6, 6.07) is 11.7. The molecule has 0 saturated heterocycles. The number of nitrogens with zero attached hydrogens (tertiary/aromatic N) is 1. The molecule has 2 aromatic rings. The third-order valence-electron chi connectivity index (χ3n) is 2.39. The average molecular weight is 243 g/mol. The Hall–Kier alpha value is -2.56. The maximum atomic E-state index is 11.6. The molecular formula is C13H13N3O2. The van der Waals surface area contributed by atoms with Crippen molar-refractivity contribution in [2.75, 3.05) is 10.6 Å². The molecule has 1 aromatic heterocycles. The second-order valence-electron chi connectivity index (χ2n) is 3.81. The largest absolute Gasteiger partial charge is 0.323 e. The fraction of sp³-hybridized carbons (Fsp3) is 0.0769. The van der Waals surface area contributed by atoms with Gasteiger partial charge in [0.25, 0.3) is 5.56 Å². The van der Waals surface area contributed by atoms with E-state index in [-0.39, 0.29) is 11.6 Å². The molecule has 18 heavy (non-hydrogen) atoms. The first-order valence-electron chi connectivity index (χ1n) is 5.45. The highest BCUT2D eigenvalue weighted by molar-refractivity contribution is 5.99. The normalized spacial score (nSPS) is 9.83. The van der Waals surface area contributed by atoms with E-state index in [1.54, 1.807) is 31.4 Å². The van der Waals surface area contributed by atoms with E-state index in [1.807, 2.05) is 18.2 Å². The summed E-state index contributed by atoms with van der Waals surface area (Å²) in [4.78, 5) is 23.0. The third-order valence-corrected chi connectivity index (χ3v) is 2.39. The first-order chi connectivity index (χ1) is 8.65. The van der Waals surface area contributed by atoms with Crippen LogP contribution in [0.2, 0.25) is 0 Å². The molecule has 0 aliphatic rings. The van der Waals surface area contributed by atoms with Crippen LogP contribution in [-0.4, -0.2) is 10.6 Å². The zero-order chi connectivity index (χ0) is 13.0. The van der Waals surface area contributed by atoms with E-state index in [0.29, 0.717) is 11.4 Å². The standard InChI is InChI=1S/C13H13N3O2/c1-16-8-7-11(9-12(16)17)15-13(18)14-10-5-3-2-4-6-10/h2-9H,1H3,(H2,14,15,18). The van der Waals surface area contributed by atoms with Crippen LogP contribution in [0.15, 0.2) is 53.5 Å². The van der Waals surface area contributed by atoms with Gasteiger partial charge >= 0.3 is 6.03 Å². The zero-order valence-corrected chi connectivity index (χ0v) is 9.88. The van der Waals surface area contributed by atoms with Crippen molar-refractivity contribution in [1.82, 2.24) is 4.57 Å². The number of urea groups is 1. The molecule has 0 aliphatic heterocycles. The summed E-state index contributed by atoms with van der Waals surface area (Å²) in [5.41, 5.74) is 0.984. The van der Waals surface area contributed by atoms with Crippen LogP contribution >= 0.6 is 0 Å². The van der Waals surface area contributed by atoms with Gasteiger partial charge in [0.15, 0.2) is 0 Å². The Morgan fingerprint density at radius 1 is 1.06 bits per heavy atom. The van der Waals surface area contributed by atoms with Crippen molar-refractivity contribution >= 4 is 17.4 Å². The molecule has 1 aromatic carbocycles. The van der Waals surface area contributed by atoms with E-state index in [1.165, 1.54) is 10.6 Å². The van der Waals surface area contributed by atoms with Gasteiger partial charge < -0.3 is 15.2 Å². The number of rotatable bonds is 2. The minimum Gasteiger partial charge on any atom is -0.318 e. The van der Waals surface area contributed by atoms with Crippen LogP contribution in [0.5, 0.6) is 0 Å². The van der Waals surface area contributed by atoms with Crippen molar-refractivity contribution in [1.29, 1.82) is 0 Å². The lowest BCUT2D eigenvalue weighted by Crippen LogP contribution is -2.22. The number of para-hydroxylation sites is 1. The Balaban J connectivity index is 2.03. The number of amides is 2. The molecule has 0 fully saturated rings. The van der Waals surface area contributed by atoms with Gasteiger partial charge in [0.2, 0.25) is 0 Å². The van der Waals surface area contributed by atoms with Gasteiger partial charge in [0, 0.05) is 30.7 Å². The molecule has 0 spiro atoms. The number of anilines is 2. The maximum Gasteiger partial charge on any atom is 0.323 e. The van der Waals surface area contributed by atoms with Crippen molar-refractivity contribution in [3.05, 3.63) is 59.0 Å². The van der Waals surface area contributed by atoms with Crippen LogP contribution in [0.1, 0.15) is 0 Å². The smallest absolute Gasteiger partial charge is 0.318 e. The van der Waals surface area contributed by atoms with Crippen LogP contribution in [0.25, 0.3) is 0 Å². The lowest BCUT2D eigenvalue weighted by atomic mass is 10.3. The van der Waals surface area contributed by atoms with Gasteiger partial charge in [-0.3, -0.25) is 4.79 Å². The molecule has 2 amide bonds. The van der Waals surface area contributed by atoms with E-state index in [9.17, 15) is 9.59 Å². The summed E-state index contributed by atoms with van der Waals surface area (Å²) in [6.07, 6.45) is 1.60. The predicted octanol–water partition coefficient (Wildman–Crippen LogP) is 2.03. The lowest BCUT2D eigenvalue weighted by molar-refractivity contribution is 0.262. The predicted molar refractivity (Wildman–Crippen MR) is 70.8 cm³/mol. The van der Waals surface area contributed by atoms with Crippen molar-refractivity contribution in [3.63, 3.8) is 0 Å².